The quantitative estimate of drug-likeness (QED) is 0.856. The lowest BCUT2D eigenvalue weighted by Gasteiger charge is -2.28. The average molecular weight is 349 g/mol. The van der Waals surface area contributed by atoms with E-state index in [2.05, 4.69) is 21.2 Å². The zero-order chi connectivity index (χ0) is 13.8. The Morgan fingerprint density at radius 3 is 2.68 bits per heavy atom. The van der Waals surface area contributed by atoms with Gasteiger partial charge in [-0.2, -0.15) is 0 Å². The molecular formula is C14H19BrClNO2. The molecule has 1 aliphatic carbocycles. The van der Waals surface area contributed by atoms with Gasteiger partial charge in [-0.25, -0.2) is 0 Å². The fraction of sp³-hybridized carbons (Fsp3) is 0.571. The molecule has 1 fully saturated rings. The number of halogens is 2. The average Bonchev–Trinajstić information content (AvgIpc) is 2.36. The summed E-state index contributed by atoms with van der Waals surface area (Å²) in [5.41, 5.74) is 0.919. The summed E-state index contributed by atoms with van der Waals surface area (Å²) in [6.07, 6.45) is 3.50. The van der Waals surface area contributed by atoms with Crippen molar-refractivity contribution in [1.29, 1.82) is 0 Å². The Kier molecular flexibility index (Phi) is 5.37. The van der Waals surface area contributed by atoms with Crippen LogP contribution in [0.15, 0.2) is 16.6 Å². The van der Waals surface area contributed by atoms with Gasteiger partial charge in [-0.05, 0) is 60.7 Å². The van der Waals surface area contributed by atoms with E-state index < -0.39 is 0 Å². The largest absolute Gasteiger partial charge is 0.491 e. The minimum atomic E-state index is -0.143. The molecule has 1 aliphatic rings. The predicted octanol–water partition coefficient (Wildman–Crippen LogP) is 4.22. The standard InChI is InChI=1S/C14H19BrClNO2/c1-2-19-14-12(15)7-9(16)8-13(14)17-10-3-5-11(18)6-4-10/h7-8,10-11,17-18H,2-6H2,1H3. The molecule has 0 amide bonds. The van der Waals surface area contributed by atoms with Crippen LogP contribution in [0.1, 0.15) is 32.6 Å². The first-order valence-electron chi connectivity index (χ1n) is 6.66. The molecule has 1 aromatic rings. The summed E-state index contributed by atoms with van der Waals surface area (Å²) in [6.45, 7) is 2.57. The Morgan fingerprint density at radius 1 is 1.37 bits per heavy atom. The minimum absolute atomic E-state index is 0.143. The van der Waals surface area contributed by atoms with Crippen LogP contribution in [0.25, 0.3) is 0 Å². The first-order chi connectivity index (χ1) is 9.10. The van der Waals surface area contributed by atoms with Gasteiger partial charge >= 0.3 is 0 Å². The number of nitrogens with one attached hydrogen (secondary N) is 1. The smallest absolute Gasteiger partial charge is 0.156 e. The van der Waals surface area contributed by atoms with E-state index in [4.69, 9.17) is 16.3 Å². The molecule has 1 aromatic carbocycles. The Hall–Kier alpha value is -0.450. The number of aliphatic hydroxyl groups is 1. The molecule has 1 saturated carbocycles. The lowest BCUT2D eigenvalue weighted by atomic mass is 9.93. The zero-order valence-electron chi connectivity index (χ0n) is 11.0. The van der Waals surface area contributed by atoms with Crippen LogP contribution >= 0.6 is 27.5 Å². The van der Waals surface area contributed by atoms with E-state index in [9.17, 15) is 5.11 Å². The molecule has 0 bridgehead atoms. The lowest BCUT2D eigenvalue weighted by Crippen LogP contribution is -2.28. The summed E-state index contributed by atoms with van der Waals surface area (Å²) in [5, 5.41) is 13.7. The van der Waals surface area contributed by atoms with Gasteiger partial charge in [0.15, 0.2) is 5.75 Å². The number of aliphatic hydroxyl groups excluding tert-OH is 1. The number of anilines is 1. The Bertz CT molecular complexity index is 434. The molecule has 106 valence electrons. The van der Waals surface area contributed by atoms with Crippen molar-refractivity contribution in [1.82, 2.24) is 0 Å². The fourth-order valence-electron chi connectivity index (χ4n) is 2.40. The second kappa shape index (κ2) is 6.82. The van der Waals surface area contributed by atoms with Gasteiger partial charge in [0.25, 0.3) is 0 Å². The maximum atomic E-state index is 9.54. The van der Waals surface area contributed by atoms with Crippen LogP contribution in [0.2, 0.25) is 5.02 Å². The van der Waals surface area contributed by atoms with Gasteiger partial charge < -0.3 is 15.2 Å². The number of rotatable bonds is 4. The highest BCUT2D eigenvalue weighted by Crippen LogP contribution is 2.38. The summed E-state index contributed by atoms with van der Waals surface area (Å²) in [6, 6.07) is 4.10. The summed E-state index contributed by atoms with van der Waals surface area (Å²) in [4.78, 5) is 0. The molecule has 3 nitrogen and oxygen atoms in total. The van der Waals surface area contributed by atoms with Crippen LogP contribution in [-0.4, -0.2) is 23.9 Å². The molecule has 0 unspecified atom stereocenters. The molecule has 5 heteroatoms. The molecule has 0 spiro atoms. The second-order valence-electron chi connectivity index (χ2n) is 4.85. The van der Waals surface area contributed by atoms with Gasteiger partial charge in [-0.15, -0.1) is 0 Å². The molecule has 0 aromatic heterocycles. The molecule has 0 atom stereocenters. The van der Waals surface area contributed by atoms with E-state index in [0.717, 1.165) is 41.6 Å². The van der Waals surface area contributed by atoms with Crippen molar-refractivity contribution >= 4 is 33.2 Å². The van der Waals surface area contributed by atoms with Crippen LogP contribution in [-0.2, 0) is 0 Å². The van der Waals surface area contributed by atoms with E-state index in [0.29, 0.717) is 17.7 Å². The monoisotopic (exact) mass is 347 g/mol. The highest BCUT2D eigenvalue weighted by molar-refractivity contribution is 9.10. The Labute approximate surface area is 127 Å². The SMILES string of the molecule is CCOc1c(Br)cc(Cl)cc1NC1CCC(O)CC1. The van der Waals surface area contributed by atoms with Gasteiger partial charge in [0.2, 0.25) is 0 Å². The molecule has 0 radical (unpaired) electrons. The third-order valence-corrected chi connectivity index (χ3v) is 4.16. The third kappa shape index (κ3) is 4.01. The van der Waals surface area contributed by atoms with Crippen molar-refractivity contribution in [2.75, 3.05) is 11.9 Å². The van der Waals surface area contributed by atoms with Crippen molar-refractivity contribution in [3.05, 3.63) is 21.6 Å². The molecule has 2 N–H and O–H groups in total. The van der Waals surface area contributed by atoms with Gasteiger partial charge in [0.05, 0.1) is 22.9 Å². The van der Waals surface area contributed by atoms with Gasteiger partial charge in [-0.3, -0.25) is 0 Å². The van der Waals surface area contributed by atoms with Gasteiger partial charge in [0, 0.05) is 11.1 Å². The molecule has 0 saturated heterocycles. The van der Waals surface area contributed by atoms with E-state index in [1.807, 2.05) is 19.1 Å². The molecular weight excluding hydrogens is 330 g/mol. The maximum absolute atomic E-state index is 9.54. The molecule has 19 heavy (non-hydrogen) atoms. The van der Waals surface area contributed by atoms with Gasteiger partial charge in [0.1, 0.15) is 0 Å². The number of hydrogen-bond acceptors (Lipinski definition) is 3. The van der Waals surface area contributed by atoms with Crippen LogP contribution in [0.5, 0.6) is 5.75 Å². The number of benzene rings is 1. The predicted molar refractivity (Wildman–Crippen MR) is 82.2 cm³/mol. The van der Waals surface area contributed by atoms with E-state index >= 15 is 0 Å². The topological polar surface area (TPSA) is 41.5 Å². The number of hydrogen-bond donors (Lipinski definition) is 2. The minimum Gasteiger partial charge on any atom is -0.491 e. The highest BCUT2D eigenvalue weighted by atomic mass is 79.9. The van der Waals surface area contributed by atoms with Crippen LogP contribution in [0.4, 0.5) is 5.69 Å². The Morgan fingerprint density at radius 2 is 2.05 bits per heavy atom. The van der Waals surface area contributed by atoms with Crippen LogP contribution in [0.3, 0.4) is 0 Å². The van der Waals surface area contributed by atoms with Crippen molar-refractivity contribution < 1.29 is 9.84 Å². The Balaban J connectivity index is 2.14. The van der Waals surface area contributed by atoms with Crippen LogP contribution in [0, 0.1) is 0 Å². The fourth-order valence-corrected chi connectivity index (χ4v) is 3.32. The van der Waals surface area contributed by atoms with Crippen molar-refractivity contribution in [2.24, 2.45) is 0 Å². The normalized spacial score (nSPS) is 23.2. The van der Waals surface area contributed by atoms with E-state index in [1.54, 1.807) is 0 Å². The zero-order valence-corrected chi connectivity index (χ0v) is 13.3. The summed E-state index contributed by atoms with van der Waals surface area (Å²) in [7, 11) is 0. The van der Waals surface area contributed by atoms with Gasteiger partial charge in [-0.1, -0.05) is 11.6 Å². The van der Waals surface area contributed by atoms with Crippen LogP contribution < -0.4 is 10.1 Å². The summed E-state index contributed by atoms with van der Waals surface area (Å²) in [5.74, 6) is 0.804. The molecule has 0 aliphatic heterocycles. The summed E-state index contributed by atoms with van der Waals surface area (Å²) < 4.78 is 6.53. The van der Waals surface area contributed by atoms with E-state index in [-0.39, 0.29) is 6.10 Å². The van der Waals surface area contributed by atoms with Crippen molar-refractivity contribution in [3.63, 3.8) is 0 Å². The first kappa shape index (κ1) is 14.9. The summed E-state index contributed by atoms with van der Waals surface area (Å²) >= 11 is 9.58. The van der Waals surface area contributed by atoms with Crippen molar-refractivity contribution in [3.8, 4) is 5.75 Å². The second-order valence-corrected chi connectivity index (χ2v) is 6.14. The first-order valence-corrected chi connectivity index (χ1v) is 7.83. The molecule has 2 rings (SSSR count). The highest BCUT2D eigenvalue weighted by Gasteiger charge is 2.21. The molecule has 0 heterocycles. The third-order valence-electron chi connectivity index (χ3n) is 3.35. The number of ether oxygens (including phenoxy) is 1. The van der Waals surface area contributed by atoms with E-state index in [1.165, 1.54) is 0 Å². The lowest BCUT2D eigenvalue weighted by molar-refractivity contribution is 0.126. The van der Waals surface area contributed by atoms with Crippen molar-refractivity contribution in [2.45, 2.75) is 44.8 Å². The maximum Gasteiger partial charge on any atom is 0.156 e.